The molecular formula is C20H24ClNO4. The van der Waals surface area contributed by atoms with Gasteiger partial charge in [0.25, 0.3) is 0 Å². The number of aryl methyl sites for hydroxylation is 1. The highest BCUT2D eigenvalue weighted by atomic mass is 35.5. The molecule has 0 amide bonds. The van der Waals surface area contributed by atoms with Crippen molar-refractivity contribution < 1.29 is 19.4 Å². The third kappa shape index (κ3) is 5.38. The first-order valence-corrected chi connectivity index (χ1v) is 8.88. The number of carbonyl (C=O) groups is 1. The van der Waals surface area contributed by atoms with E-state index in [-0.39, 0.29) is 0 Å². The lowest BCUT2D eigenvalue weighted by Gasteiger charge is -2.16. The minimum atomic E-state index is -0.913. The van der Waals surface area contributed by atoms with Crippen LogP contribution in [-0.4, -0.2) is 23.7 Å². The summed E-state index contributed by atoms with van der Waals surface area (Å²) in [7, 11) is 0. The zero-order chi connectivity index (χ0) is 19.1. The van der Waals surface area contributed by atoms with E-state index in [1.54, 1.807) is 19.1 Å². The fraction of sp³-hybridized carbons (Fsp3) is 0.350. The highest BCUT2D eigenvalue weighted by molar-refractivity contribution is 6.31. The van der Waals surface area contributed by atoms with Gasteiger partial charge in [-0.05, 0) is 43.5 Å². The van der Waals surface area contributed by atoms with Crippen LogP contribution in [0.4, 0.5) is 0 Å². The van der Waals surface area contributed by atoms with Crippen LogP contribution >= 0.6 is 11.6 Å². The van der Waals surface area contributed by atoms with Gasteiger partial charge in [0.2, 0.25) is 0 Å². The predicted molar refractivity (Wildman–Crippen MR) is 102 cm³/mol. The van der Waals surface area contributed by atoms with Crippen LogP contribution < -0.4 is 14.8 Å². The van der Waals surface area contributed by atoms with E-state index in [0.717, 1.165) is 16.7 Å². The Morgan fingerprint density at radius 2 is 1.88 bits per heavy atom. The fourth-order valence-corrected chi connectivity index (χ4v) is 2.59. The van der Waals surface area contributed by atoms with Crippen LogP contribution in [0.15, 0.2) is 36.4 Å². The first-order chi connectivity index (χ1) is 12.4. The van der Waals surface area contributed by atoms with Gasteiger partial charge in [-0.3, -0.25) is 4.79 Å². The van der Waals surface area contributed by atoms with Crippen LogP contribution in [0, 0.1) is 6.92 Å². The Labute approximate surface area is 158 Å². The highest BCUT2D eigenvalue weighted by Gasteiger charge is 2.14. The van der Waals surface area contributed by atoms with Crippen LogP contribution in [0.1, 0.15) is 30.5 Å². The number of nitrogens with one attached hydrogen (secondary N) is 1. The minimum absolute atomic E-state index is 0.324. The molecule has 0 spiro atoms. The van der Waals surface area contributed by atoms with Gasteiger partial charge in [0.15, 0.2) is 11.5 Å². The van der Waals surface area contributed by atoms with Crippen LogP contribution in [-0.2, 0) is 17.9 Å². The molecule has 2 N–H and O–H groups in total. The van der Waals surface area contributed by atoms with Crippen molar-refractivity contribution in [3.8, 4) is 11.5 Å². The van der Waals surface area contributed by atoms with Crippen LogP contribution in [0.5, 0.6) is 11.5 Å². The molecule has 0 aliphatic heterocycles. The molecule has 0 aromatic heterocycles. The normalized spacial score (nSPS) is 11.8. The summed E-state index contributed by atoms with van der Waals surface area (Å²) in [6, 6.07) is 10.9. The maximum absolute atomic E-state index is 10.9. The average Bonchev–Trinajstić information content (AvgIpc) is 2.61. The van der Waals surface area contributed by atoms with E-state index in [1.807, 2.05) is 38.1 Å². The molecule has 140 valence electrons. The Morgan fingerprint density at radius 3 is 2.54 bits per heavy atom. The molecule has 5 nitrogen and oxygen atoms in total. The standard InChI is InChI=1S/C20H24ClNO4/c1-4-25-18-9-16(11-22-14(3)20(23)24)17(21)10-19(18)26-12-15-8-6-5-7-13(15)2/h5-10,14,22H,4,11-12H2,1-3H3,(H,23,24). The van der Waals surface area contributed by atoms with Crippen molar-refractivity contribution in [2.75, 3.05) is 6.61 Å². The second kappa shape index (κ2) is 9.46. The van der Waals surface area contributed by atoms with Crippen molar-refractivity contribution in [3.63, 3.8) is 0 Å². The average molecular weight is 378 g/mol. The number of carboxylic acids is 1. The van der Waals surface area contributed by atoms with E-state index in [4.69, 9.17) is 26.2 Å². The molecule has 2 rings (SSSR count). The number of aliphatic carboxylic acids is 1. The molecule has 2 aromatic carbocycles. The smallest absolute Gasteiger partial charge is 0.320 e. The van der Waals surface area contributed by atoms with E-state index in [2.05, 4.69) is 5.32 Å². The molecule has 6 heteroatoms. The maximum atomic E-state index is 10.9. The van der Waals surface area contributed by atoms with Gasteiger partial charge >= 0.3 is 5.97 Å². The molecule has 1 unspecified atom stereocenters. The van der Waals surface area contributed by atoms with Crippen LogP contribution in [0.3, 0.4) is 0 Å². The molecule has 0 saturated heterocycles. The monoisotopic (exact) mass is 377 g/mol. The molecule has 0 heterocycles. The van der Waals surface area contributed by atoms with E-state index < -0.39 is 12.0 Å². The molecular weight excluding hydrogens is 354 g/mol. The van der Waals surface area contributed by atoms with Crippen molar-refractivity contribution in [3.05, 3.63) is 58.1 Å². The van der Waals surface area contributed by atoms with Gasteiger partial charge in [0.1, 0.15) is 12.6 Å². The van der Waals surface area contributed by atoms with Gasteiger partial charge in [-0.15, -0.1) is 0 Å². The van der Waals surface area contributed by atoms with Crippen LogP contribution in [0.2, 0.25) is 5.02 Å². The minimum Gasteiger partial charge on any atom is -0.490 e. The molecule has 0 bridgehead atoms. The number of hydrogen-bond donors (Lipinski definition) is 2. The summed E-state index contributed by atoms with van der Waals surface area (Å²) in [4.78, 5) is 10.9. The van der Waals surface area contributed by atoms with E-state index in [9.17, 15) is 4.79 Å². The number of carboxylic acid groups (broad SMARTS) is 1. The summed E-state index contributed by atoms with van der Waals surface area (Å²) in [6.07, 6.45) is 0. The SMILES string of the molecule is CCOc1cc(CNC(C)C(=O)O)c(Cl)cc1OCc1ccccc1C. The quantitative estimate of drug-likeness (QED) is 0.685. The zero-order valence-corrected chi connectivity index (χ0v) is 16.0. The zero-order valence-electron chi connectivity index (χ0n) is 15.2. The van der Waals surface area contributed by atoms with Crippen LogP contribution in [0.25, 0.3) is 0 Å². The largest absolute Gasteiger partial charge is 0.490 e. The number of halogens is 1. The number of rotatable bonds is 9. The van der Waals surface area contributed by atoms with Gasteiger partial charge in [-0.2, -0.15) is 0 Å². The Kier molecular flexibility index (Phi) is 7.30. The third-order valence-electron chi connectivity index (χ3n) is 4.03. The highest BCUT2D eigenvalue weighted by Crippen LogP contribution is 2.34. The predicted octanol–water partition coefficient (Wildman–Crippen LogP) is 4.19. The summed E-state index contributed by atoms with van der Waals surface area (Å²) < 4.78 is 11.6. The van der Waals surface area contributed by atoms with Gasteiger partial charge in [0, 0.05) is 17.6 Å². The Hall–Kier alpha value is -2.24. The Balaban J connectivity index is 2.17. The summed E-state index contributed by atoms with van der Waals surface area (Å²) in [5, 5.41) is 12.4. The first-order valence-electron chi connectivity index (χ1n) is 8.51. The number of benzene rings is 2. The first kappa shape index (κ1) is 20.1. The number of ether oxygens (including phenoxy) is 2. The van der Waals surface area contributed by atoms with E-state index in [1.165, 1.54) is 0 Å². The lowest BCUT2D eigenvalue weighted by atomic mass is 10.1. The van der Waals surface area contributed by atoms with Gasteiger partial charge in [-0.25, -0.2) is 0 Å². The molecule has 1 atom stereocenters. The fourth-order valence-electron chi connectivity index (χ4n) is 2.37. The molecule has 26 heavy (non-hydrogen) atoms. The molecule has 0 fully saturated rings. The second-order valence-corrected chi connectivity index (χ2v) is 6.39. The van der Waals surface area contributed by atoms with Crippen molar-refractivity contribution in [2.45, 2.75) is 40.0 Å². The van der Waals surface area contributed by atoms with Crippen molar-refractivity contribution >= 4 is 17.6 Å². The second-order valence-electron chi connectivity index (χ2n) is 5.98. The Morgan fingerprint density at radius 1 is 1.19 bits per heavy atom. The molecule has 0 radical (unpaired) electrons. The lowest BCUT2D eigenvalue weighted by Crippen LogP contribution is -2.33. The van der Waals surface area contributed by atoms with Gasteiger partial charge in [0.05, 0.1) is 6.61 Å². The maximum Gasteiger partial charge on any atom is 0.320 e. The molecule has 0 aliphatic carbocycles. The molecule has 0 saturated carbocycles. The topological polar surface area (TPSA) is 67.8 Å². The van der Waals surface area contributed by atoms with Crippen molar-refractivity contribution in [1.29, 1.82) is 0 Å². The third-order valence-corrected chi connectivity index (χ3v) is 4.38. The molecule has 2 aromatic rings. The van der Waals surface area contributed by atoms with Gasteiger partial charge in [-0.1, -0.05) is 35.9 Å². The Bertz CT molecular complexity index is 763. The van der Waals surface area contributed by atoms with E-state index >= 15 is 0 Å². The summed E-state index contributed by atoms with van der Waals surface area (Å²) >= 11 is 6.35. The molecule has 0 aliphatic rings. The van der Waals surface area contributed by atoms with Gasteiger partial charge < -0.3 is 19.9 Å². The number of hydrogen-bond acceptors (Lipinski definition) is 4. The van der Waals surface area contributed by atoms with Crippen molar-refractivity contribution in [2.24, 2.45) is 0 Å². The summed E-state index contributed by atoms with van der Waals surface area (Å²) in [5.41, 5.74) is 3.00. The lowest BCUT2D eigenvalue weighted by molar-refractivity contribution is -0.139. The van der Waals surface area contributed by atoms with E-state index in [0.29, 0.717) is 36.3 Å². The van der Waals surface area contributed by atoms with Crippen molar-refractivity contribution in [1.82, 2.24) is 5.32 Å². The summed E-state index contributed by atoms with van der Waals surface area (Å²) in [5.74, 6) is 0.240. The summed E-state index contributed by atoms with van der Waals surface area (Å²) in [6.45, 7) is 6.74.